The maximum Gasteiger partial charge on any atom is 0.244 e. The minimum absolute atomic E-state index is 0.109. The summed E-state index contributed by atoms with van der Waals surface area (Å²) in [5, 5.41) is 4.21. The molecule has 5 rings (SSSR count). The first-order valence-electron chi connectivity index (χ1n) is 11.9. The maximum atomic E-state index is 13.1. The lowest BCUT2D eigenvalue weighted by atomic mass is 9.84. The minimum atomic E-state index is 0.109. The van der Waals surface area contributed by atoms with E-state index >= 15 is 0 Å². The van der Waals surface area contributed by atoms with Gasteiger partial charge in [0.2, 0.25) is 5.91 Å². The molecule has 2 aromatic carbocycles. The average Bonchev–Trinajstić information content (AvgIpc) is 3.55. The van der Waals surface area contributed by atoms with E-state index in [-0.39, 0.29) is 18.5 Å². The quantitative estimate of drug-likeness (QED) is 0.388. The molecule has 8 heteroatoms. The van der Waals surface area contributed by atoms with Crippen LogP contribution in [-0.4, -0.2) is 60.4 Å². The third-order valence-corrected chi connectivity index (χ3v) is 7.49. The van der Waals surface area contributed by atoms with Gasteiger partial charge in [-0.05, 0) is 67.6 Å². The molecule has 7 nitrogen and oxygen atoms in total. The zero-order chi connectivity index (χ0) is 23.3. The molecule has 1 fully saturated rings. The molecule has 4 aromatic rings. The van der Waals surface area contributed by atoms with Crippen molar-refractivity contribution in [3.8, 4) is 0 Å². The standard InChI is InChI=1S/C26H30N6OS/c1-30(26(33)19-32-13-5-12-27-32)25(17-20-6-3-2-4-7-20)22-10-14-31(15-11-22)18-21-8-9-23-24(16-21)29-34-28-23/h2-9,12-13,16,22,25H,10-11,14-15,17-19H2,1H3. The van der Waals surface area contributed by atoms with Gasteiger partial charge in [0.15, 0.2) is 0 Å². The van der Waals surface area contributed by atoms with Gasteiger partial charge in [-0.25, -0.2) is 0 Å². The summed E-state index contributed by atoms with van der Waals surface area (Å²) < 4.78 is 10.4. The lowest BCUT2D eigenvalue weighted by Crippen LogP contribution is -2.48. The van der Waals surface area contributed by atoms with Gasteiger partial charge in [0.25, 0.3) is 0 Å². The third-order valence-electron chi connectivity index (χ3n) is 6.94. The van der Waals surface area contributed by atoms with Crippen LogP contribution in [-0.2, 0) is 24.3 Å². The van der Waals surface area contributed by atoms with Crippen molar-refractivity contribution in [2.75, 3.05) is 20.1 Å². The second-order valence-corrected chi connectivity index (χ2v) is 9.69. The SMILES string of the molecule is CN(C(=O)Cn1cccn1)C(Cc1ccccc1)C1CCN(Cc2ccc3nsnc3c2)CC1. The maximum absolute atomic E-state index is 13.1. The van der Waals surface area contributed by atoms with E-state index in [0.29, 0.717) is 5.92 Å². The summed E-state index contributed by atoms with van der Waals surface area (Å²) in [6, 6.07) is 18.9. The van der Waals surface area contributed by atoms with E-state index in [2.05, 4.69) is 61.2 Å². The van der Waals surface area contributed by atoms with E-state index in [0.717, 1.165) is 49.9 Å². The molecule has 1 saturated heterocycles. The van der Waals surface area contributed by atoms with Crippen molar-refractivity contribution in [2.24, 2.45) is 5.92 Å². The molecule has 2 aromatic heterocycles. The second kappa shape index (κ2) is 10.4. The van der Waals surface area contributed by atoms with Crippen molar-refractivity contribution in [1.82, 2.24) is 28.3 Å². The number of hydrogen-bond acceptors (Lipinski definition) is 6. The Labute approximate surface area is 204 Å². The van der Waals surface area contributed by atoms with Crippen LogP contribution in [0.3, 0.4) is 0 Å². The van der Waals surface area contributed by atoms with Gasteiger partial charge in [0, 0.05) is 32.0 Å². The Hall–Kier alpha value is -3.10. The number of likely N-dealkylation sites (tertiary alicyclic amines) is 1. The van der Waals surface area contributed by atoms with Crippen LogP contribution >= 0.6 is 11.7 Å². The van der Waals surface area contributed by atoms with Crippen molar-refractivity contribution in [2.45, 2.75) is 38.4 Å². The summed E-state index contributed by atoms with van der Waals surface area (Å²) in [5.74, 6) is 0.575. The number of benzene rings is 2. The fourth-order valence-corrected chi connectivity index (χ4v) is 5.50. The Morgan fingerprint density at radius 1 is 1.06 bits per heavy atom. The largest absolute Gasteiger partial charge is 0.341 e. The lowest BCUT2D eigenvalue weighted by Gasteiger charge is -2.40. The molecule has 1 aliphatic heterocycles. The van der Waals surface area contributed by atoms with E-state index in [1.165, 1.54) is 22.9 Å². The van der Waals surface area contributed by atoms with Crippen molar-refractivity contribution in [3.63, 3.8) is 0 Å². The molecule has 1 aliphatic rings. The average molecular weight is 475 g/mol. The predicted molar refractivity (Wildman–Crippen MR) is 134 cm³/mol. The lowest BCUT2D eigenvalue weighted by molar-refractivity contribution is -0.134. The van der Waals surface area contributed by atoms with Gasteiger partial charge < -0.3 is 4.90 Å². The number of amides is 1. The van der Waals surface area contributed by atoms with E-state index in [1.807, 2.05) is 30.3 Å². The molecule has 176 valence electrons. The van der Waals surface area contributed by atoms with Crippen molar-refractivity contribution >= 4 is 28.7 Å². The van der Waals surface area contributed by atoms with Crippen LogP contribution < -0.4 is 0 Å². The summed E-state index contributed by atoms with van der Waals surface area (Å²) in [7, 11) is 1.96. The van der Waals surface area contributed by atoms with Gasteiger partial charge in [-0.2, -0.15) is 13.8 Å². The van der Waals surface area contributed by atoms with Crippen LogP contribution in [0.5, 0.6) is 0 Å². The van der Waals surface area contributed by atoms with E-state index in [4.69, 9.17) is 0 Å². The number of carbonyl (C=O) groups excluding carboxylic acids is 1. The number of piperidine rings is 1. The molecule has 0 aliphatic carbocycles. The van der Waals surface area contributed by atoms with E-state index < -0.39 is 0 Å². The fraction of sp³-hybridized carbons (Fsp3) is 0.385. The first kappa shape index (κ1) is 22.7. The van der Waals surface area contributed by atoms with Crippen LogP contribution in [0, 0.1) is 5.92 Å². The molecule has 3 heterocycles. The molecule has 1 unspecified atom stereocenters. The minimum Gasteiger partial charge on any atom is -0.341 e. The normalized spacial score (nSPS) is 16.0. The number of carbonyl (C=O) groups is 1. The van der Waals surface area contributed by atoms with Crippen molar-refractivity contribution < 1.29 is 4.79 Å². The summed E-state index contributed by atoms with van der Waals surface area (Å²) in [5.41, 5.74) is 4.52. The molecule has 0 radical (unpaired) electrons. The van der Waals surface area contributed by atoms with E-state index in [1.54, 1.807) is 10.9 Å². The number of hydrogen-bond donors (Lipinski definition) is 0. The first-order valence-corrected chi connectivity index (χ1v) is 12.6. The number of aromatic nitrogens is 4. The Morgan fingerprint density at radius 3 is 2.62 bits per heavy atom. The summed E-state index contributed by atoms with van der Waals surface area (Å²) in [4.78, 5) is 17.6. The highest BCUT2D eigenvalue weighted by Gasteiger charge is 2.31. The molecule has 34 heavy (non-hydrogen) atoms. The van der Waals surface area contributed by atoms with Gasteiger partial charge in [0.05, 0.1) is 11.7 Å². The predicted octanol–water partition coefficient (Wildman–Crippen LogP) is 3.87. The zero-order valence-corrected chi connectivity index (χ0v) is 20.3. The van der Waals surface area contributed by atoms with Gasteiger partial charge in [0.1, 0.15) is 17.6 Å². The van der Waals surface area contributed by atoms with Gasteiger partial charge >= 0.3 is 0 Å². The topological polar surface area (TPSA) is 67.2 Å². The zero-order valence-electron chi connectivity index (χ0n) is 19.5. The van der Waals surface area contributed by atoms with Crippen LogP contribution in [0.2, 0.25) is 0 Å². The molecule has 0 bridgehead atoms. The highest BCUT2D eigenvalue weighted by atomic mass is 32.1. The summed E-state index contributed by atoms with van der Waals surface area (Å²) in [6.45, 7) is 3.27. The monoisotopic (exact) mass is 474 g/mol. The van der Waals surface area contributed by atoms with Crippen LogP contribution in [0.25, 0.3) is 11.0 Å². The van der Waals surface area contributed by atoms with Gasteiger partial charge in [-0.3, -0.25) is 14.4 Å². The van der Waals surface area contributed by atoms with Crippen molar-refractivity contribution in [3.05, 3.63) is 78.1 Å². The van der Waals surface area contributed by atoms with Crippen LogP contribution in [0.4, 0.5) is 0 Å². The molecule has 0 N–H and O–H groups in total. The molecule has 0 saturated carbocycles. The Kier molecular flexibility index (Phi) is 6.97. The first-order chi connectivity index (χ1) is 16.7. The number of likely N-dealkylation sites (N-methyl/N-ethyl adjacent to an activating group) is 1. The Morgan fingerprint density at radius 2 is 1.85 bits per heavy atom. The molecule has 1 amide bonds. The number of nitrogens with zero attached hydrogens (tertiary/aromatic N) is 6. The molecular formula is C26H30N6OS. The van der Waals surface area contributed by atoms with Gasteiger partial charge in [-0.15, -0.1) is 0 Å². The smallest absolute Gasteiger partial charge is 0.244 e. The van der Waals surface area contributed by atoms with Crippen LogP contribution in [0.15, 0.2) is 67.0 Å². The van der Waals surface area contributed by atoms with Crippen LogP contribution in [0.1, 0.15) is 24.0 Å². The number of rotatable bonds is 8. The molecular weight excluding hydrogens is 444 g/mol. The van der Waals surface area contributed by atoms with Crippen molar-refractivity contribution in [1.29, 1.82) is 0 Å². The Balaban J connectivity index is 1.25. The number of fused-ring (bicyclic) bond motifs is 1. The molecule has 1 atom stereocenters. The van der Waals surface area contributed by atoms with Gasteiger partial charge in [-0.1, -0.05) is 36.4 Å². The fourth-order valence-electron chi connectivity index (χ4n) is 4.98. The molecule has 0 spiro atoms. The highest BCUT2D eigenvalue weighted by Crippen LogP contribution is 2.28. The summed E-state index contributed by atoms with van der Waals surface area (Å²) >= 11 is 1.27. The Bertz CT molecular complexity index is 1200. The third kappa shape index (κ3) is 5.34. The second-order valence-electron chi connectivity index (χ2n) is 9.17. The summed E-state index contributed by atoms with van der Waals surface area (Å²) in [6.07, 6.45) is 6.59. The van der Waals surface area contributed by atoms with E-state index in [9.17, 15) is 4.79 Å². The highest BCUT2D eigenvalue weighted by molar-refractivity contribution is 7.00.